The van der Waals surface area contributed by atoms with Crippen LogP contribution in [0.2, 0.25) is 0 Å². The van der Waals surface area contributed by atoms with Gasteiger partial charge in [-0.1, -0.05) is 19.3 Å². The maximum atomic E-state index is 12.2. The Bertz CT molecular complexity index is 256. The molecule has 0 bridgehead atoms. The zero-order valence-corrected chi connectivity index (χ0v) is 10.5. The van der Waals surface area contributed by atoms with Gasteiger partial charge >= 0.3 is 0 Å². The Morgan fingerprint density at radius 3 is 2.47 bits per heavy atom. The van der Waals surface area contributed by atoms with E-state index in [-0.39, 0.29) is 24.0 Å². The predicted octanol–water partition coefficient (Wildman–Crippen LogP) is 0.797. The van der Waals surface area contributed by atoms with E-state index in [0.29, 0.717) is 0 Å². The van der Waals surface area contributed by atoms with Crippen LogP contribution in [-0.4, -0.2) is 36.2 Å². The second kappa shape index (κ2) is 5.83. The average Bonchev–Trinajstić information content (AvgIpc) is 2.41. The number of hydrogen-bond acceptors (Lipinski definition) is 3. The number of aliphatic hydroxyl groups excluding tert-OH is 1. The summed E-state index contributed by atoms with van der Waals surface area (Å²) in [5.41, 5.74) is -0.319. The molecule has 1 saturated carbocycles. The zero-order chi connectivity index (χ0) is 12.1. The molecule has 0 aromatic rings. The lowest BCUT2D eigenvalue weighted by Crippen LogP contribution is -2.54. The second-order valence-electron chi connectivity index (χ2n) is 5.51. The third-order valence-electron chi connectivity index (χ3n) is 4.21. The molecule has 2 aliphatic rings. The minimum atomic E-state index is -0.319. The minimum Gasteiger partial charge on any atom is -0.394 e. The molecule has 2 rings (SSSR count). The molecule has 2 fully saturated rings. The van der Waals surface area contributed by atoms with E-state index in [1.165, 1.54) is 6.42 Å². The zero-order valence-electron chi connectivity index (χ0n) is 10.5. The molecule has 1 amide bonds. The molecular weight excluding hydrogens is 216 g/mol. The normalized spacial score (nSPS) is 25.5. The van der Waals surface area contributed by atoms with E-state index in [1.807, 2.05) is 0 Å². The van der Waals surface area contributed by atoms with E-state index >= 15 is 0 Å². The molecule has 0 atom stereocenters. The molecule has 1 aliphatic heterocycles. The van der Waals surface area contributed by atoms with Crippen molar-refractivity contribution in [1.82, 2.24) is 10.6 Å². The lowest BCUT2D eigenvalue weighted by molar-refractivity contribution is -0.128. The fourth-order valence-corrected chi connectivity index (χ4v) is 3.00. The van der Waals surface area contributed by atoms with Gasteiger partial charge in [-0.05, 0) is 38.8 Å². The van der Waals surface area contributed by atoms with Gasteiger partial charge in [0.2, 0.25) is 5.91 Å². The van der Waals surface area contributed by atoms with Crippen LogP contribution in [0.4, 0.5) is 0 Å². The van der Waals surface area contributed by atoms with Crippen molar-refractivity contribution in [3.8, 4) is 0 Å². The number of amides is 1. The first-order chi connectivity index (χ1) is 8.26. The molecule has 3 N–H and O–H groups in total. The highest BCUT2D eigenvalue weighted by molar-refractivity contribution is 5.79. The lowest BCUT2D eigenvalue weighted by atomic mass is 9.81. The summed E-state index contributed by atoms with van der Waals surface area (Å²) in [5.74, 6) is 0.295. The largest absolute Gasteiger partial charge is 0.394 e. The third-order valence-corrected chi connectivity index (χ3v) is 4.21. The highest BCUT2D eigenvalue weighted by Gasteiger charge is 2.34. The SMILES string of the molecule is O=C(NC1(CO)CCCCC1)C1CCNCC1. The Morgan fingerprint density at radius 1 is 1.24 bits per heavy atom. The fourth-order valence-electron chi connectivity index (χ4n) is 3.00. The van der Waals surface area contributed by atoms with E-state index in [1.54, 1.807) is 0 Å². The molecule has 1 heterocycles. The van der Waals surface area contributed by atoms with Gasteiger partial charge in [0.15, 0.2) is 0 Å². The highest BCUT2D eigenvalue weighted by atomic mass is 16.3. The number of hydrogen-bond donors (Lipinski definition) is 3. The minimum absolute atomic E-state index is 0.0870. The number of rotatable bonds is 3. The van der Waals surface area contributed by atoms with Gasteiger partial charge in [0, 0.05) is 5.92 Å². The van der Waals surface area contributed by atoms with Crippen LogP contribution in [0.15, 0.2) is 0 Å². The van der Waals surface area contributed by atoms with Crippen molar-refractivity contribution in [2.45, 2.75) is 50.5 Å². The standard InChI is InChI=1S/C13H24N2O2/c16-10-13(6-2-1-3-7-13)15-12(17)11-4-8-14-9-5-11/h11,14,16H,1-10H2,(H,15,17). The topological polar surface area (TPSA) is 61.4 Å². The van der Waals surface area contributed by atoms with Crippen molar-refractivity contribution in [3.63, 3.8) is 0 Å². The summed E-state index contributed by atoms with van der Waals surface area (Å²) in [4.78, 5) is 12.2. The van der Waals surface area contributed by atoms with Crippen LogP contribution in [0.1, 0.15) is 44.9 Å². The Kier molecular flexibility index (Phi) is 4.40. The van der Waals surface area contributed by atoms with Gasteiger partial charge in [0.05, 0.1) is 12.1 Å². The monoisotopic (exact) mass is 240 g/mol. The molecule has 17 heavy (non-hydrogen) atoms. The van der Waals surface area contributed by atoms with Gasteiger partial charge in [-0.15, -0.1) is 0 Å². The molecule has 4 heteroatoms. The summed E-state index contributed by atoms with van der Waals surface area (Å²) in [6.45, 7) is 1.96. The van der Waals surface area contributed by atoms with Crippen LogP contribution in [0, 0.1) is 5.92 Å². The van der Waals surface area contributed by atoms with Crippen LogP contribution >= 0.6 is 0 Å². The van der Waals surface area contributed by atoms with Gasteiger partial charge in [-0.25, -0.2) is 0 Å². The molecule has 0 unspecified atom stereocenters. The molecule has 0 spiro atoms. The Hall–Kier alpha value is -0.610. The Balaban J connectivity index is 1.90. The Morgan fingerprint density at radius 2 is 1.88 bits per heavy atom. The van der Waals surface area contributed by atoms with Crippen molar-refractivity contribution in [3.05, 3.63) is 0 Å². The van der Waals surface area contributed by atoms with Crippen LogP contribution in [0.3, 0.4) is 0 Å². The van der Waals surface area contributed by atoms with Crippen molar-refractivity contribution in [2.75, 3.05) is 19.7 Å². The van der Waals surface area contributed by atoms with Crippen LogP contribution in [-0.2, 0) is 4.79 Å². The summed E-state index contributed by atoms with van der Waals surface area (Å²) in [7, 11) is 0. The summed E-state index contributed by atoms with van der Waals surface area (Å²) >= 11 is 0. The van der Waals surface area contributed by atoms with Crippen molar-refractivity contribution >= 4 is 5.91 Å². The Labute approximate surface area is 103 Å². The smallest absolute Gasteiger partial charge is 0.223 e. The van der Waals surface area contributed by atoms with E-state index < -0.39 is 0 Å². The van der Waals surface area contributed by atoms with Crippen LogP contribution in [0.5, 0.6) is 0 Å². The molecule has 0 radical (unpaired) electrons. The molecular formula is C13H24N2O2. The van der Waals surface area contributed by atoms with E-state index in [9.17, 15) is 9.90 Å². The van der Waals surface area contributed by atoms with E-state index in [0.717, 1.165) is 51.6 Å². The first kappa shape index (κ1) is 12.8. The number of nitrogens with one attached hydrogen (secondary N) is 2. The summed E-state index contributed by atoms with van der Waals surface area (Å²) < 4.78 is 0. The van der Waals surface area contributed by atoms with E-state index in [2.05, 4.69) is 10.6 Å². The van der Waals surface area contributed by atoms with Gasteiger partial charge in [-0.2, -0.15) is 0 Å². The average molecular weight is 240 g/mol. The molecule has 98 valence electrons. The quantitative estimate of drug-likeness (QED) is 0.684. The first-order valence-corrected chi connectivity index (χ1v) is 6.89. The van der Waals surface area contributed by atoms with Crippen LogP contribution < -0.4 is 10.6 Å². The lowest BCUT2D eigenvalue weighted by Gasteiger charge is -2.38. The van der Waals surface area contributed by atoms with Crippen molar-refractivity contribution in [1.29, 1.82) is 0 Å². The number of piperidine rings is 1. The van der Waals surface area contributed by atoms with Gasteiger partial charge in [-0.3, -0.25) is 4.79 Å². The van der Waals surface area contributed by atoms with Crippen molar-refractivity contribution in [2.24, 2.45) is 5.92 Å². The summed E-state index contributed by atoms with van der Waals surface area (Å²) in [5, 5.41) is 16.0. The third kappa shape index (κ3) is 3.19. The maximum absolute atomic E-state index is 12.2. The molecule has 1 saturated heterocycles. The fraction of sp³-hybridized carbons (Fsp3) is 0.923. The predicted molar refractivity (Wildman–Crippen MR) is 66.6 cm³/mol. The molecule has 1 aliphatic carbocycles. The second-order valence-corrected chi connectivity index (χ2v) is 5.51. The summed E-state index contributed by atoms with van der Waals surface area (Å²) in [6, 6.07) is 0. The summed E-state index contributed by atoms with van der Waals surface area (Å²) in [6.07, 6.45) is 7.17. The maximum Gasteiger partial charge on any atom is 0.223 e. The molecule has 0 aromatic heterocycles. The van der Waals surface area contributed by atoms with E-state index in [4.69, 9.17) is 0 Å². The van der Waals surface area contributed by atoms with Crippen LogP contribution in [0.25, 0.3) is 0 Å². The van der Waals surface area contributed by atoms with Gasteiger partial charge < -0.3 is 15.7 Å². The first-order valence-electron chi connectivity index (χ1n) is 6.89. The highest BCUT2D eigenvalue weighted by Crippen LogP contribution is 2.28. The number of carbonyl (C=O) groups is 1. The number of carbonyl (C=O) groups excluding carboxylic acids is 1. The van der Waals surface area contributed by atoms with Gasteiger partial charge in [0.25, 0.3) is 0 Å². The van der Waals surface area contributed by atoms with Gasteiger partial charge in [0.1, 0.15) is 0 Å². The van der Waals surface area contributed by atoms with Crippen molar-refractivity contribution < 1.29 is 9.90 Å². The molecule has 0 aromatic carbocycles. The molecule has 4 nitrogen and oxygen atoms in total. The number of aliphatic hydroxyl groups is 1.